The Morgan fingerprint density at radius 3 is 2.77 bits per heavy atom. The SMILES string of the molecule is CCCNc1nc2cc(-c3ccc(/C=C4\SC(=O)NC4=O)cn3)cc(OC(C)C)c2o1. The van der Waals surface area contributed by atoms with Gasteiger partial charge in [-0.3, -0.25) is 19.9 Å². The van der Waals surface area contributed by atoms with Crippen LogP contribution in [0, 0.1) is 0 Å². The van der Waals surface area contributed by atoms with Crippen LogP contribution in [0.5, 0.6) is 5.75 Å². The summed E-state index contributed by atoms with van der Waals surface area (Å²) in [6.07, 6.45) is 4.22. The molecule has 2 aromatic heterocycles. The number of thioether (sulfide) groups is 1. The van der Waals surface area contributed by atoms with Crippen molar-refractivity contribution in [2.24, 2.45) is 0 Å². The number of pyridine rings is 1. The number of fused-ring (bicyclic) bond motifs is 1. The zero-order valence-corrected chi connectivity index (χ0v) is 18.2. The van der Waals surface area contributed by atoms with E-state index in [0.717, 1.165) is 41.5 Å². The topological polar surface area (TPSA) is 106 Å². The molecular formula is C22H22N4O4S. The summed E-state index contributed by atoms with van der Waals surface area (Å²) < 4.78 is 11.8. The molecule has 1 aliphatic rings. The number of aromatic nitrogens is 2. The van der Waals surface area contributed by atoms with Gasteiger partial charge in [0.25, 0.3) is 17.2 Å². The largest absolute Gasteiger partial charge is 0.487 e. The summed E-state index contributed by atoms with van der Waals surface area (Å²) in [5, 5.41) is 5.03. The molecule has 2 amide bonds. The molecule has 3 aromatic rings. The van der Waals surface area contributed by atoms with Gasteiger partial charge in [0.05, 0.1) is 16.7 Å². The van der Waals surface area contributed by atoms with Crippen LogP contribution in [-0.4, -0.2) is 33.8 Å². The molecule has 4 rings (SSSR count). The van der Waals surface area contributed by atoms with Gasteiger partial charge in [-0.25, -0.2) is 0 Å². The number of oxazole rings is 1. The lowest BCUT2D eigenvalue weighted by Crippen LogP contribution is -2.17. The summed E-state index contributed by atoms with van der Waals surface area (Å²) in [5.74, 6) is 0.212. The van der Waals surface area contributed by atoms with E-state index in [1.807, 2.05) is 38.1 Å². The minimum absolute atomic E-state index is 0.0321. The monoisotopic (exact) mass is 438 g/mol. The van der Waals surface area contributed by atoms with Crippen LogP contribution in [0.3, 0.4) is 0 Å². The number of amides is 2. The van der Waals surface area contributed by atoms with Crippen LogP contribution in [0.25, 0.3) is 28.4 Å². The number of carbonyl (C=O) groups excluding carboxylic acids is 2. The maximum absolute atomic E-state index is 11.7. The summed E-state index contributed by atoms with van der Waals surface area (Å²) >= 11 is 0.879. The minimum Gasteiger partial charge on any atom is -0.487 e. The molecule has 0 radical (unpaired) electrons. The lowest BCUT2D eigenvalue weighted by Gasteiger charge is -2.11. The van der Waals surface area contributed by atoms with E-state index in [-0.39, 0.29) is 11.3 Å². The smallest absolute Gasteiger partial charge is 0.295 e. The van der Waals surface area contributed by atoms with Crippen LogP contribution in [0.2, 0.25) is 0 Å². The number of rotatable bonds is 7. The Labute approximate surface area is 183 Å². The summed E-state index contributed by atoms with van der Waals surface area (Å²) in [6.45, 7) is 6.74. The second kappa shape index (κ2) is 8.81. The lowest BCUT2D eigenvalue weighted by molar-refractivity contribution is -0.115. The van der Waals surface area contributed by atoms with Crippen molar-refractivity contribution >= 4 is 46.1 Å². The van der Waals surface area contributed by atoms with Gasteiger partial charge in [0.1, 0.15) is 5.52 Å². The first-order chi connectivity index (χ1) is 14.9. The molecule has 9 heteroatoms. The molecule has 160 valence electrons. The quantitative estimate of drug-likeness (QED) is 0.506. The van der Waals surface area contributed by atoms with Crippen LogP contribution in [0.1, 0.15) is 32.8 Å². The van der Waals surface area contributed by atoms with E-state index in [0.29, 0.717) is 27.8 Å². The van der Waals surface area contributed by atoms with Gasteiger partial charge in [0.2, 0.25) is 0 Å². The first-order valence-electron chi connectivity index (χ1n) is 9.99. The molecule has 0 aliphatic carbocycles. The Bertz CT molecular complexity index is 1170. The molecule has 0 unspecified atom stereocenters. The second-order valence-electron chi connectivity index (χ2n) is 7.26. The maximum Gasteiger partial charge on any atom is 0.295 e. The van der Waals surface area contributed by atoms with E-state index >= 15 is 0 Å². The van der Waals surface area contributed by atoms with Crippen molar-refractivity contribution in [3.63, 3.8) is 0 Å². The Morgan fingerprint density at radius 2 is 2.13 bits per heavy atom. The summed E-state index contributed by atoms with van der Waals surface area (Å²) in [7, 11) is 0. The molecule has 1 saturated heterocycles. The van der Waals surface area contributed by atoms with Crippen molar-refractivity contribution in [1.82, 2.24) is 15.3 Å². The molecule has 3 heterocycles. The van der Waals surface area contributed by atoms with Gasteiger partial charge in [-0.15, -0.1) is 0 Å². The third-order valence-corrected chi connectivity index (χ3v) is 5.18. The van der Waals surface area contributed by atoms with Crippen molar-refractivity contribution in [3.05, 3.63) is 40.9 Å². The minimum atomic E-state index is -0.390. The molecular weight excluding hydrogens is 416 g/mol. The number of carbonyl (C=O) groups is 2. The Kier molecular flexibility index (Phi) is 5.94. The molecule has 0 saturated carbocycles. The summed E-state index contributed by atoms with van der Waals surface area (Å²) in [6, 6.07) is 7.94. The van der Waals surface area contributed by atoms with E-state index in [9.17, 15) is 9.59 Å². The molecule has 31 heavy (non-hydrogen) atoms. The fraction of sp³-hybridized carbons (Fsp3) is 0.273. The van der Waals surface area contributed by atoms with Crippen molar-refractivity contribution < 1.29 is 18.7 Å². The number of ether oxygens (including phenoxy) is 1. The van der Waals surface area contributed by atoms with Gasteiger partial charge in [0, 0.05) is 18.3 Å². The Balaban J connectivity index is 1.67. The predicted octanol–water partition coefficient (Wildman–Crippen LogP) is 4.82. The zero-order chi connectivity index (χ0) is 22.0. The number of anilines is 1. The first-order valence-corrected chi connectivity index (χ1v) is 10.8. The number of hydrogen-bond acceptors (Lipinski definition) is 8. The van der Waals surface area contributed by atoms with Crippen molar-refractivity contribution in [1.29, 1.82) is 0 Å². The van der Waals surface area contributed by atoms with Crippen LogP contribution in [0.15, 0.2) is 39.8 Å². The number of nitrogens with zero attached hydrogens (tertiary/aromatic N) is 2. The van der Waals surface area contributed by atoms with Crippen molar-refractivity contribution in [3.8, 4) is 17.0 Å². The highest BCUT2D eigenvalue weighted by molar-refractivity contribution is 8.18. The average Bonchev–Trinajstić information content (AvgIpc) is 3.28. The number of imide groups is 1. The van der Waals surface area contributed by atoms with Crippen LogP contribution in [0.4, 0.5) is 10.8 Å². The lowest BCUT2D eigenvalue weighted by atomic mass is 10.1. The van der Waals surface area contributed by atoms with Crippen LogP contribution in [-0.2, 0) is 4.79 Å². The molecule has 1 aromatic carbocycles. The van der Waals surface area contributed by atoms with Gasteiger partial charge in [-0.05, 0) is 61.9 Å². The van der Waals surface area contributed by atoms with Crippen molar-refractivity contribution in [2.45, 2.75) is 33.3 Å². The molecule has 0 bridgehead atoms. The second-order valence-corrected chi connectivity index (χ2v) is 8.28. The highest BCUT2D eigenvalue weighted by atomic mass is 32.2. The molecule has 1 fully saturated rings. The molecule has 0 spiro atoms. The van der Waals surface area contributed by atoms with Gasteiger partial charge in [-0.2, -0.15) is 4.98 Å². The summed E-state index contributed by atoms with van der Waals surface area (Å²) in [4.78, 5) is 32.4. The van der Waals surface area contributed by atoms with Crippen molar-refractivity contribution in [2.75, 3.05) is 11.9 Å². The fourth-order valence-corrected chi connectivity index (χ4v) is 3.72. The molecule has 1 aliphatic heterocycles. The van der Waals surface area contributed by atoms with Gasteiger partial charge in [-0.1, -0.05) is 13.0 Å². The predicted molar refractivity (Wildman–Crippen MR) is 121 cm³/mol. The van der Waals surface area contributed by atoms with E-state index in [2.05, 4.69) is 27.5 Å². The van der Waals surface area contributed by atoms with Gasteiger partial charge < -0.3 is 14.5 Å². The number of nitrogens with one attached hydrogen (secondary N) is 2. The van der Waals surface area contributed by atoms with E-state index < -0.39 is 5.91 Å². The van der Waals surface area contributed by atoms with Crippen LogP contribution >= 0.6 is 11.8 Å². The standard InChI is InChI=1S/C22H22N4O4S/c1-4-7-23-21-25-16-9-14(10-17(19(16)30-21)29-12(2)3)15-6-5-13(11-24-15)8-18-20(27)26-22(28)31-18/h5-6,8-12H,4,7H2,1-3H3,(H,23,25)(H,26,27,28)/b18-8-. The van der Waals surface area contributed by atoms with Crippen LogP contribution < -0.4 is 15.4 Å². The third kappa shape index (κ3) is 4.72. The highest BCUT2D eigenvalue weighted by Gasteiger charge is 2.25. The van der Waals surface area contributed by atoms with Gasteiger partial charge >= 0.3 is 0 Å². The molecule has 0 atom stereocenters. The Morgan fingerprint density at radius 1 is 1.29 bits per heavy atom. The maximum atomic E-state index is 11.7. The number of benzene rings is 1. The van der Waals surface area contributed by atoms with E-state index in [4.69, 9.17) is 9.15 Å². The zero-order valence-electron chi connectivity index (χ0n) is 17.4. The Hall–Kier alpha value is -3.33. The highest BCUT2D eigenvalue weighted by Crippen LogP contribution is 2.34. The molecule has 2 N–H and O–H groups in total. The first kappa shape index (κ1) is 20.9. The third-order valence-electron chi connectivity index (χ3n) is 4.37. The fourth-order valence-electron chi connectivity index (χ4n) is 3.03. The normalized spacial score (nSPS) is 15.2. The molecule has 8 nitrogen and oxygen atoms in total. The van der Waals surface area contributed by atoms with E-state index in [1.54, 1.807) is 12.3 Å². The number of hydrogen-bond donors (Lipinski definition) is 2. The van der Waals surface area contributed by atoms with E-state index in [1.165, 1.54) is 0 Å². The van der Waals surface area contributed by atoms with Gasteiger partial charge in [0.15, 0.2) is 11.3 Å². The summed E-state index contributed by atoms with van der Waals surface area (Å²) in [5.41, 5.74) is 3.55. The average molecular weight is 439 g/mol.